The van der Waals surface area contributed by atoms with Crippen LogP contribution in [-0.2, 0) is 7.05 Å². The summed E-state index contributed by atoms with van der Waals surface area (Å²) in [6.45, 7) is 0.641. The first-order valence-electron chi connectivity index (χ1n) is 6.76. The Morgan fingerprint density at radius 2 is 2.32 bits per heavy atom. The lowest BCUT2D eigenvalue weighted by atomic mass is 9.86. The molecule has 1 saturated carbocycles. The van der Waals surface area contributed by atoms with Crippen LogP contribution >= 0.6 is 0 Å². The van der Waals surface area contributed by atoms with E-state index in [0.29, 0.717) is 18.0 Å². The van der Waals surface area contributed by atoms with E-state index < -0.39 is 0 Å². The highest BCUT2D eigenvalue weighted by Gasteiger charge is 2.19. The predicted molar refractivity (Wildman–Crippen MR) is 73.9 cm³/mol. The van der Waals surface area contributed by atoms with Crippen LogP contribution in [0, 0.1) is 5.92 Å². The van der Waals surface area contributed by atoms with Gasteiger partial charge in [0, 0.05) is 37.5 Å². The van der Waals surface area contributed by atoms with Crippen LogP contribution in [0.5, 0.6) is 0 Å². The summed E-state index contributed by atoms with van der Waals surface area (Å²) in [7, 11) is 1.66. The molecule has 5 nitrogen and oxygen atoms in total. The summed E-state index contributed by atoms with van der Waals surface area (Å²) in [6.07, 6.45) is 5.90. The van der Waals surface area contributed by atoms with Gasteiger partial charge in [0.05, 0.1) is 0 Å². The highest BCUT2D eigenvalue weighted by molar-refractivity contribution is 5.93. The Balaban J connectivity index is 1.90. The number of hydrogen-bond donors (Lipinski definition) is 2. The fourth-order valence-corrected chi connectivity index (χ4v) is 2.55. The van der Waals surface area contributed by atoms with Gasteiger partial charge in [0.15, 0.2) is 0 Å². The van der Waals surface area contributed by atoms with Gasteiger partial charge in [-0.1, -0.05) is 6.42 Å². The van der Waals surface area contributed by atoms with Gasteiger partial charge in [0.2, 0.25) is 0 Å². The zero-order valence-corrected chi connectivity index (χ0v) is 11.3. The number of pyridine rings is 1. The van der Waals surface area contributed by atoms with E-state index in [9.17, 15) is 9.59 Å². The van der Waals surface area contributed by atoms with Crippen molar-refractivity contribution < 1.29 is 4.79 Å². The molecule has 5 heteroatoms. The first-order valence-corrected chi connectivity index (χ1v) is 6.76. The molecule has 2 unspecified atom stereocenters. The van der Waals surface area contributed by atoms with Gasteiger partial charge in [-0.2, -0.15) is 0 Å². The van der Waals surface area contributed by atoms with E-state index in [4.69, 9.17) is 5.73 Å². The number of nitrogens with two attached hydrogens (primary N) is 1. The lowest BCUT2D eigenvalue weighted by molar-refractivity contribution is 0.0942. The van der Waals surface area contributed by atoms with Crippen molar-refractivity contribution in [2.45, 2.75) is 31.7 Å². The molecule has 0 radical (unpaired) electrons. The molecule has 1 fully saturated rings. The van der Waals surface area contributed by atoms with Gasteiger partial charge in [-0.15, -0.1) is 0 Å². The average Bonchev–Trinajstić information content (AvgIpc) is 2.39. The summed E-state index contributed by atoms with van der Waals surface area (Å²) in [5.74, 6) is 0.274. The third-order valence-corrected chi connectivity index (χ3v) is 3.74. The number of carbonyl (C=O) groups is 1. The van der Waals surface area contributed by atoms with E-state index in [0.717, 1.165) is 25.7 Å². The van der Waals surface area contributed by atoms with E-state index in [1.807, 2.05) is 0 Å². The standard InChI is InChI=1S/C14H21N3O2/c1-17-6-5-11(8-13(17)18)14(19)16-9-10-3-2-4-12(15)7-10/h5-6,8,10,12H,2-4,7,9,15H2,1H3,(H,16,19). The summed E-state index contributed by atoms with van der Waals surface area (Å²) in [4.78, 5) is 23.4. The van der Waals surface area contributed by atoms with Crippen molar-refractivity contribution in [3.8, 4) is 0 Å². The van der Waals surface area contributed by atoms with Crippen LogP contribution in [0.15, 0.2) is 23.1 Å². The van der Waals surface area contributed by atoms with Gasteiger partial charge in [-0.05, 0) is 31.2 Å². The number of rotatable bonds is 3. The SMILES string of the molecule is Cn1ccc(C(=O)NCC2CCCC(N)C2)cc1=O. The third-order valence-electron chi connectivity index (χ3n) is 3.74. The summed E-state index contributed by atoms with van der Waals surface area (Å²) in [5, 5.41) is 2.89. The molecule has 3 N–H and O–H groups in total. The van der Waals surface area contributed by atoms with Crippen LogP contribution in [0.4, 0.5) is 0 Å². The second-order valence-electron chi connectivity index (χ2n) is 5.37. The van der Waals surface area contributed by atoms with Crippen LogP contribution in [0.25, 0.3) is 0 Å². The fraction of sp³-hybridized carbons (Fsp3) is 0.571. The molecular formula is C14H21N3O2. The Morgan fingerprint density at radius 3 is 3.00 bits per heavy atom. The fourth-order valence-electron chi connectivity index (χ4n) is 2.55. The maximum atomic E-state index is 11.9. The Morgan fingerprint density at radius 1 is 1.53 bits per heavy atom. The Labute approximate surface area is 112 Å². The van der Waals surface area contributed by atoms with Crippen LogP contribution in [0.2, 0.25) is 0 Å². The van der Waals surface area contributed by atoms with E-state index in [2.05, 4.69) is 5.32 Å². The number of aryl methyl sites for hydroxylation is 1. The van der Waals surface area contributed by atoms with E-state index >= 15 is 0 Å². The summed E-state index contributed by atoms with van der Waals surface area (Å²) < 4.78 is 1.44. The molecule has 1 aromatic rings. The minimum absolute atomic E-state index is 0.174. The maximum absolute atomic E-state index is 11.9. The molecule has 104 valence electrons. The van der Waals surface area contributed by atoms with Crippen LogP contribution in [-0.4, -0.2) is 23.1 Å². The quantitative estimate of drug-likeness (QED) is 0.840. The highest BCUT2D eigenvalue weighted by Crippen LogP contribution is 2.22. The smallest absolute Gasteiger partial charge is 0.251 e. The minimum Gasteiger partial charge on any atom is -0.352 e. The first-order chi connectivity index (χ1) is 9.06. The van der Waals surface area contributed by atoms with Crippen molar-refractivity contribution in [3.05, 3.63) is 34.2 Å². The monoisotopic (exact) mass is 263 g/mol. The number of hydrogen-bond acceptors (Lipinski definition) is 3. The Hall–Kier alpha value is -1.62. The summed E-state index contributed by atoms with van der Waals surface area (Å²) in [6, 6.07) is 3.28. The molecule has 1 heterocycles. The third kappa shape index (κ3) is 3.67. The molecule has 0 aliphatic heterocycles. The predicted octanol–water partition coefficient (Wildman–Crippen LogP) is 0.633. The van der Waals surface area contributed by atoms with Gasteiger partial charge < -0.3 is 15.6 Å². The molecule has 2 rings (SSSR count). The maximum Gasteiger partial charge on any atom is 0.251 e. The molecule has 19 heavy (non-hydrogen) atoms. The van der Waals surface area contributed by atoms with Gasteiger partial charge in [0.1, 0.15) is 0 Å². The molecule has 0 saturated heterocycles. The largest absolute Gasteiger partial charge is 0.352 e. The topological polar surface area (TPSA) is 77.1 Å². The van der Waals surface area contributed by atoms with Crippen molar-refractivity contribution in [1.29, 1.82) is 0 Å². The zero-order chi connectivity index (χ0) is 13.8. The number of carbonyl (C=O) groups excluding carboxylic acids is 1. The van der Waals surface area contributed by atoms with Gasteiger partial charge in [0.25, 0.3) is 11.5 Å². The molecule has 1 aromatic heterocycles. The first kappa shape index (κ1) is 13.8. The highest BCUT2D eigenvalue weighted by atomic mass is 16.2. The normalized spacial score (nSPS) is 23.1. The average molecular weight is 263 g/mol. The molecular weight excluding hydrogens is 242 g/mol. The van der Waals surface area contributed by atoms with Crippen molar-refractivity contribution in [2.24, 2.45) is 18.7 Å². The molecule has 2 atom stereocenters. The second kappa shape index (κ2) is 6.02. The lowest BCUT2D eigenvalue weighted by Crippen LogP contribution is -2.36. The van der Waals surface area contributed by atoms with Crippen molar-refractivity contribution in [2.75, 3.05) is 6.54 Å². The van der Waals surface area contributed by atoms with Gasteiger partial charge in [-0.3, -0.25) is 9.59 Å². The number of nitrogens with one attached hydrogen (secondary N) is 1. The Bertz CT molecular complexity index is 510. The molecule has 0 spiro atoms. The molecule has 1 aliphatic rings. The number of nitrogens with zero attached hydrogens (tertiary/aromatic N) is 1. The van der Waals surface area contributed by atoms with Crippen LogP contribution in [0.1, 0.15) is 36.0 Å². The van der Waals surface area contributed by atoms with E-state index in [1.54, 1.807) is 19.3 Å². The van der Waals surface area contributed by atoms with E-state index in [-0.39, 0.29) is 17.5 Å². The van der Waals surface area contributed by atoms with Crippen LogP contribution < -0.4 is 16.6 Å². The summed E-state index contributed by atoms with van der Waals surface area (Å²) in [5.41, 5.74) is 6.17. The minimum atomic E-state index is -0.183. The summed E-state index contributed by atoms with van der Waals surface area (Å²) >= 11 is 0. The van der Waals surface area contributed by atoms with Gasteiger partial charge in [-0.25, -0.2) is 0 Å². The van der Waals surface area contributed by atoms with Crippen molar-refractivity contribution in [3.63, 3.8) is 0 Å². The second-order valence-corrected chi connectivity index (χ2v) is 5.37. The lowest BCUT2D eigenvalue weighted by Gasteiger charge is -2.26. The van der Waals surface area contributed by atoms with Crippen LogP contribution in [0.3, 0.4) is 0 Å². The van der Waals surface area contributed by atoms with Crippen molar-refractivity contribution in [1.82, 2.24) is 9.88 Å². The van der Waals surface area contributed by atoms with Gasteiger partial charge >= 0.3 is 0 Å². The van der Waals surface area contributed by atoms with E-state index in [1.165, 1.54) is 10.6 Å². The molecule has 0 aromatic carbocycles. The molecule has 1 amide bonds. The Kier molecular flexibility index (Phi) is 4.37. The number of amides is 1. The van der Waals surface area contributed by atoms with Crippen molar-refractivity contribution >= 4 is 5.91 Å². The molecule has 1 aliphatic carbocycles. The molecule has 0 bridgehead atoms. The zero-order valence-electron chi connectivity index (χ0n) is 11.3. The number of aromatic nitrogens is 1.